The number of carbonyl (C=O) groups is 1. The summed E-state index contributed by atoms with van der Waals surface area (Å²) in [6.45, 7) is 6.23. The lowest BCUT2D eigenvalue weighted by molar-refractivity contribution is -0.127. The topological polar surface area (TPSA) is 52.6 Å². The van der Waals surface area contributed by atoms with Crippen LogP contribution >= 0.6 is 0 Å². The molecule has 4 nitrogen and oxygen atoms in total. The maximum Gasteiger partial charge on any atom is 0.239 e. The van der Waals surface area contributed by atoms with Gasteiger partial charge in [0.15, 0.2) is 0 Å². The average molecular weight is 262 g/mol. The predicted molar refractivity (Wildman–Crippen MR) is 74.6 cm³/mol. The summed E-state index contributed by atoms with van der Waals surface area (Å²) in [6.07, 6.45) is 0. The summed E-state index contributed by atoms with van der Waals surface area (Å²) in [5.74, 6) is 0.324. The van der Waals surface area contributed by atoms with Gasteiger partial charge in [-0.2, -0.15) is 0 Å². The van der Waals surface area contributed by atoms with Gasteiger partial charge in [-0.3, -0.25) is 9.69 Å². The lowest BCUT2D eigenvalue weighted by Gasteiger charge is -2.28. The van der Waals surface area contributed by atoms with Crippen LogP contribution < -0.4 is 5.32 Å². The van der Waals surface area contributed by atoms with Crippen LogP contribution in [0.3, 0.4) is 0 Å². The highest BCUT2D eigenvalue weighted by Gasteiger charge is 2.29. The fraction of sp³-hybridized carbons (Fsp3) is 0.533. The minimum atomic E-state index is -0.439. The van der Waals surface area contributed by atoms with Gasteiger partial charge < -0.3 is 10.4 Å². The SMILES string of the molecule is Cc1ccc(CN2CC(C)CNC(=O)C2CO)cc1. The third-order valence-electron chi connectivity index (χ3n) is 3.59. The highest BCUT2D eigenvalue weighted by molar-refractivity contribution is 5.82. The zero-order chi connectivity index (χ0) is 13.8. The first kappa shape index (κ1) is 14.0. The fourth-order valence-electron chi connectivity index (χ4n) is 2.45. The Morgan fingerprint density at radius 3 is 2.68 bits per heavy atom. The van der Waals surface area contributed by atoms with Crippen molar-refractivity contribution in [1.29, 1.82) is 0 Å². The third-order valence-corrected chi connectivity index (χ3v) is 3.59. The summed E-state index contributed by atoms with van der Waals surface area (Å²) < 4.78 is 0. The molecule has 1 heterocycles. The first-order chi connectivity index (χ1) is 9.10. The molecule has 1 aromatic carbocycles. The maximum atomic E-state index is 11.9. The Bertz CT molecular complexity index is 430. The van der Waals surface area contributed by atoms with Crippen LogP contribution in [0.2, 0.25) is 0 Å². The minimum Gasteiger partial charge on any atom is -0.394 e. The predicted octanol–water partition coefficient (Wildman–Crippen LogP) is 0.924. The van der Waals surface area contributed by atoms with Crippen LogP contribution in [0, 0.1) is 12.8 Å². The second-order valence-electron chi connectivity index (χ2n) is 5.46. The van der Waals surface area contributed by atoms with E-state index < -0.39 is 6.04 Å². The Balaban J connectivity index is 2.14. The Hall–Kier alpha value is -1.39. The first-order valence-electron chi connectivity index (χ1n) is 6.78. The van der Waals surface area contributed by atoms with Crippen molar-refractivity contribution >= 4 is 5.91 Å². The van der Waals surface area contributed by atoms with E-state index in [2.05, 4.69) is 48.3 Å². The van der Waals surface area contributed by atoms with Crippen LogP contribution in [0.15, 0.2) is 24.3 Å². The van der Waals surface area contributed by atoms with Crippen molar-refractivity contribution in [3.05, 3.63) is 35.4 Å². The van der Waals surface area contributed by atoms with Crippen LogP contribution in [0.25, 0.3) is 0 Å². The molecule has 1 amide bonds. The highest BCUT2D eigenvalue weighted by atomic mass is 16.3. The van der Waals surface area contributed by atoms with Crippen molar-refractivity contribution in [1.82, 2.24) is 10.2 Å². The van der Waals surface area contributed by atoms with E-state index >= 15 is 0 Å². The molecule has 1 saturated heterocycles. The lowest BCUT2D eigenvalue weighted by atomic mass is 10.1. The van der Waals surface area contributed by atoms with Gasteiger partial charge in [-0.15, -0.1) is 0 Å². The van der Waals surface area contributed by atoms with Crippen molar-refractivity contribution in [3.63, 3.8) is 0 Å². The van der Waals surface area contributed by atoms with Crippen molar-refractivity contribution < 1.29 is 9.90 Å². The molecule has 0 aliphatic carbocycles. The zero-order valence-corrected chi connectivity index (χ0v) is 11.6. The highest BCUT2D eigenvalue weighted by Crippen LogP contribution is 2.14. The molecule has 2 unspecified atom stereocenters. The molecule has 0 aromatic heterocycles. The number of aryl methyl sites for hydroxylation is 1. The third kappa shape index (κ3) is 3.55. The van der Waals surface area contributed by atoms with Gasteiger partial charge in [0.05, 0.1) is 6.61 Å². The van der Waals surface area contributed by atoms with Crippen LogP contribution in [0.4, 0.5) is 0 Å². The number of hydrogen-bond acceptors (Lipinski definition) is 3. The van der Waals surface area contributed by atoms with E-state index in [0.29, 0.717) is 19.0 Å². The molecule has 0 radical (unpaired) electrons. The van der Waals surface area contributed by atoms with Gasteiger partial charge in [0.25, 0.3) is 0 Å². The largest absolute Gasteiger partial charge is 0.394 e. The van der Waals surface area contributed by atoms with Crippen LogP contribution in [-0.4, -0.2) is 41.7 Å². The quantitative estimate of drug-likeness (QED) is 0.852. The molecule has 0 saturated carbocycles. The number of amides is 1. The molecule has 2 atom stereocenters. The van der Waals surface area contributed by atoms with Crippen molar-refractivity contribution in [2.75, 3.05) is 19.7 Å². The molecular formula is C15H22N2O2. The van der Waals surface area contributed by atoms with Crippen LogP contribution in [-0.2, 0) is 11.3 Å². The van der Waals surface area contributed by atoms with E-state index in [9.17, 15) is 9.90 Å². The number of aliphatic hydroxyl groups excluding tert-OH is 1. The smallest absolute Gasteiger partial charge is 0.239 e. The summed E-state index contributed by atoms with van der Waals surface area (Å²) in [6, 6.07) is 7.87. The van der Waals surface area contributed by atoms with Crippen LogP contribution in [0.1, 0.15) is 18.1 Å². The molecule has 1 aliphatic heterocycles. The molecule has 0 bridgehead atoms. The fourth-order valence-corrected chi connectivity index (χ4v) is 2.45. The number of hydrogen-bond donors (Lipinski definition) is 2. The van der Waals surface area contributed by atoms with Gasteiger partial charge in [-0.1, -0.05) is 36.8 Å². The van der Waals surface area contributed by atoms with Gasteiger partial charge >= 0.3 is 0 Å². The van der Waals surface area contributed by atoms with E-state index in [1.807, 2.05) is 0 Å². The molecular weight excluding hydrogens is 240 g/mol. The summed E-state index contributed by atoms with van der Waals surface area (Å²) in [5.41, 5.74) is 2.40. The normalized spacial score (nSPS) is 24.9. The Morgan fingerprint density at radius 2 is 2.05 bits per heavy atom. The van der Waals surface area contributed by atoms with Crippen LogP contribution in [0.5, 0.6) is 0 Å². The number of aliphatic hydroxyl groups is 1. The summed E-state index contributed by atoms with van der Waals surface area (Å²) >= 11 is 0. The van der Waals surface area contributed by atoms with E-state index in [4.69, 9.17) is 0 Å². The van der Waals surface area contributed by atoms with E-state index in [-0.39, 0.29) is 12.5 Å². The second-order valence-corrected chi connectivity index (χ2v) is 5.46. The number of nitrogens with zero attached hydrogens (tertiary/aromatic N) is 1. The molecule has 1 fully saturated rings. The Kier molecular flexibility index (Phi) is 4.56. The number of carbonyl (C=O) groups excluding carboxylic acids is 1. The summed E-state index contributed by atoms with van der Waals surface area (Å²) in [5, 5.41) is 12.3. The molecule has 4 heteroatoms. The second kappa shape index (κ2) is 6.17. The van der Waals surface area contributed by atoms with Gasteiger partial charge in [0.2, 0.25) is 5.91 Å². The van der Waals surface area contributed by atoms with E-state index in [1.54, 1.807) is 0 Å². The van der Waals surface area contributed by atoms with E-state index in [1.165, 1.54) is 11.1 Å². The lowest BCUT2D eigenvalue weighted by Crippen LogP contribution is -2.46. The zero-order valence-electron chi connectivity index (χ0n) is 11.6. The van der Waals surface area contributed by atoms with Crippen molar-refractivity contribution in [2.24, 2.45) is 5.92 Å². The average Bonchev–Trinajstić information content (AvgIpc) is 2.52. The van der Waals surface area contributed by atoms with E-state index in [0.717, 1.165) is 6.54 Å². The molecule has 1 aliphatic rings. The van der Waals surface area contributed by atoms with Gasteiger partial charge in [-0.05, 0) is 18.4 Å². The molecule has 104 valence electrons. The summed E-state index contributed by atoms with van der Waals surface area (Å²) in [4.78, 5) is 14.0. The van der Waals surface area contributed by atoms with Gasteiger partial charge in [-0.25, -0.2) is 0 Å². The van der Waals surface area contributed by atoms with Gasteiger partial charge in [0, 0.05) is 19.6 Å². The van der Waals surface area contributed by atoms with Crippen molar-refractivity contribution in [2.45, 2.75) is 26.4 Å². The Labute approximate surface area is 114 Å². The number of benzene rings is 1. The molecule has 1 aromatic rings. The monoisotopic (exact) mass is 262 g/mol. The van der Waals surface area contributed by atoms with Gasteiger partial charge in [0.1, 0.15) is 6.04 Å². The molecule has 0 spiro atoms. The van der Waals surface area contributed by atoms with Crippen molar-refractivity contribution in [3.8, 4) is 0 Å². The minimum absolute atomic E-state index is 0.0704. The standard InChI is InChI=1S/C15H22N2O2/c1-11-3-5-13(6-4-11)9-17-8-12(2)7-16-15(19)14(17)10-18/h3-6,12,14,18H,7-10H2,1-2H3,(H,16,19). The maximum absolute atomic E-state index is 11.9. The molecule has 2 rings (SSSR count). The number of nitrogens with one attached hydrogen (secondary N) is 1. The molecule has 19 heavy (non-hydrogen) atoms. The summed E-state index contributed by atoms with van der Waals surface area (Å²) in [7, 11) is 0. The first-order valence-corrected chi connectivity index (χ1v) is 6.78. The molecule has 2 N–H and O–H groups in total. The Morgan fingerprint density at radius 1 is 1.37 bits per heavy atom. The number of rotatable bonds is 3.